The average Bonchev–Trinajstić information content (AvgIpc) is 2.82. The molecule has 3 rings (SSSR count). The molecule has 1 aliphatic rings. The summed E-state index contributed by atoms with van der Waals surface area (Å²) in [5, 5.41) is 0. The van der Waals surface area contributed by atoms with E-state index < -0.39 is 5.97 Å². The summed E-state index contributed by atoms with van der Waals surface area (Å²) >= 11 is 0. The van der Waals surface area contributed by atoms with Gasteiger partial charge in [-0.1, -0.05) is 30.3 Å². The quantitative estimate of drug-likeness (QED) is 0.477. The summed E-state index contributed by atoms with van der Waals surface area (Å²) in [5.41, 5.74) is 1.36. The molecule has 1 heterocycles. The van der Waals surface area contributed by atoms with Gasteiger partial charge in [0.25, 0.3) is 5.91 Å². The van der Waals surface area contributed by atoms with Gasteiger partial charge < -0.3 is 19.1 Å². The van der Waals surface area contributed by atoms with Gasteiger partial charge in [0, 0.05) is 18.7 Å². The van der Waals surface area contributed by atoms with Gasteiger partial charge in [-0.15, -0.1) is 0 Å². The monoisotopic (exact) mass is 425 g/mol. The van der Waals surface area contributed by atoms with E-state index in [1.165, 1.54) is 31.9 Å². The Balaban J connectivity index is 1.56. The van der Waals surface area contributed by atoms with Gasteiger partial charge in [0.15, 0.2) is 24.4 Å². The lowest BCUT2D eigenvalue weighted by Crippen LogP contribution is -2.41. The topological polar surface area (TPSA) is 82.1 Å². The molecular weight excluding hydrogens is 398 g/mol. The van der Waals surface area contributed by atoms with Crippen LogP contribution in [0.1, 0.15) is 39.1 Å². The van der Waals surface area contributed by atoms with E-state index in [0.717, 1.165) is 19.3 Å². The molecule has 0 saturated carbocycles. The Bertz CT molecular complexity index is 919. The number of likely N-dealkylation sites (tertiary alicyclic amines) is 1. The van der Waals surface area contributed by atoms with Crippen LogP contribution < -0.4 is 9.47 Å². The summed E-state index contributed by atoms with van der Waals surface area (Å²) in [7, 11) is 2.80. The van der Waals surface area contributed by atoms with Crippen molar-refractivity contribution in [3.63, 3.8) is 0 Å². The molecule has 1 amide bonds. The molecule has 31 heavy (non-hydrogen) atoms. The second-order valence-corrected chi connectivity index (χ2v) is 7.47. The zero-order valence-corrected chi connectivity index (χ0v) is 17.8. The van der Waals surface area contributed by atoms with Crippen LogP contribution in [0.25, 0.3) is 0 Å². The summed E-state index contributed by atoms with van der Waals surface area (Å²) in [6, 6.07) is 13.3. The molecular formula is C24H27NO6. The van der Waals surface area contributed by atoms with E-state index in [1.807, 2.05) is 18.2 Å². The molecule has 0 bridgehead atoms. The van der Waals surface area contributed by atoms with Crippen LogP contribution in [0.15, 0.2) is 42.5 Å². The van der Waals surface area contributed by atoms with Crippen LogP contribution in [0.3, 0.4) is 0 Å². The number of amides is 1. The van der Waals surface area contributed by atoms with Crippen molar-refractivity contribution in [1.82, 2.24) is 4.90 Å². The fourth-order valence-corrected chi connectivity index (χ4v) is 3.88. The molecule has 1 fully saturated rings. The van der Waals surface area contributed by atoms with Gasteiger partial charge >= 0.3 is 5.97 Å². The van der Waals surface area contributed by atoms with Gasteiger partial charge in [-0.2, -0.15) is 0 Å². The fraction of sp³-hybridized carbons (Fsp3) is 0.375. The third-order valence-electron chi connectivity index (χ3n) is 5.57. The first-order valence-electron chi connectivity index (χ1n) is 10.3. The Labute approximate surface area is 181 Å². The number of piperidine rings is 1. The maximum atomic E-state index is 12.6. The number of carbonyl (C=O) groups is 3. The molecule has 1 saturated heterocycles. The molecule has 0 N–H and O–H groups in total. The van der Waals surface area contributed by atoms with Gasteiger partial charge in [0.05, 0.1) is 14.2 Å². The van der Waals surface area contributed by atoms with Crippen molar-refractivity contribution < 1.29 is 28.6 Å². The normalized spacial score (nSPS) is 14.1. The maximum Gasteiger partial charge on any atom is 0.343 e. The highest BCUT2D eigenvalue weighted by Gasteiger charge is 2.26. The largest absolute Gasteiger partial charge is 0.493 e. The number of hydrogen-bond acceptors (Lipinski definition) is 6. The molecule has 0 spiro atoms. The lowest BCUT2D eigenvalue weighted by Gasteiger charge is -2.32. The second-order valence-electron chi connectivity index (χ2n) is 7.47. The van der Waals surface area contributed by atoms with Crippen molar-refractivity contribution in [2.75, 3.05) is 33.9 Å². The van der Waals surface area contributed by atoms with Crippen molar-refractivity contribution in [2.24, 2.45) is 5.92 Å². The zero-order valence-electron chi connectivity index (χ0n) is 17.8. The summed E-state index contributed by atoms with van der Waals surface area (Å²) in [6.07, 6.45) is 3.36. The highest BCUT2D eigenvalue weighted by molar-refractivity contribution is 6.02. The van der Waals surface area contributed by atoms with E-state index in [2.05, 4.69) is 12.1 Å². The first-order chi connectivity index (χ1) is 15.1. The maximum absolute atomic E-state index is 12.6. The molecule has 0 unspecified atom stereocenters. The first-order valence-corrected chi connectivity index (χ1v) is 10.3. The average molecular weight is 425 g/mol. The number of aldehydes is 1. The number of benzene rings is 2. The third kappa shape index (κ3) is 5.42. The van der Waals surface area contributed by atoms with Crippen LogP contribution in [0, 0.1) is 5.92 Å². The molecule has 2 aromatic carbocycles. The molecule has 164 valence electrons. The smallest absolute Gasteiger partial charge is 0.343 e. The van der Waals surface area contributed by atoms with E-state index in [9.17, 15) is 14.4 Å². The number of methoxy groups -OCH3 is 2. The van der Waals surface area contributed by atoms with Gasteiger partial charge in [0.1, 0.15) is 5.56 Å². The van der Waals surface area contributed by atoms with Crippen LogP contribution in [0.4, 0.5) is 0 Å². The molecule has 0 atom stereocenters. The molecule has 0 radical (unpaired) electrons. The van der Waals surface area contributed by atoms with Crippen molar-refractivity contribution in [2.45, 2.75) is 19.3 Å². The molecule has 7 heteroatoms. The summed E-state index contributed by atoms with van der Waals surface area (Å²) < 4.78 is 15.6. The van der Waals surface area contributed by atoms with Crippen molar-refractivity contribution in [3.8, 4) is 11.5 Å². The van der Waals surface area contributed by atoms with Crippen molar-refractivity contribution in [1.29, 1.82) is 0 Å². The zero-order chi connectivity index (χ0) is 22.2. The SMILES string of the molecule is COc1ccc(C=O)c(C(=O)OCC(=O)N2CCC(Cc3ccccc3)CC2)c1OC. The second kappa shape index (κ2) is 10.6. The Morgan fingerprint density at radius 3 is 2.35 bits per heavy atom. The molecule has 2 aromatic rings. The summed E-state index contributed by atoms with van der Waals surface area (Å²) in [6.45, 7) is 0.882. The van der Waals surface area contributed by atoms with Gasteiger partial charge in [-0.3, -0.25) is 9.59 Å². The predicted octanol–water partition coefficient (Wildman–Crippen LogP) is 3.15. The molecule has 0 aromatic heterocycles. The minimum atomic E-state index is -0.801. The van der Waals surface area contributed by atoms with Crippen LogP contribution in [-0.4, -0.2) is 57.0 Å². The van der Waals surface area contributed by atoms with Crippen LogP contribution in [0.2, 0.25) is 0 Å². The fourth-order valence-electron chi connectivity index (χ4n) is 3.88. The third-order valence-corrected chi connectivity index (χ3v) is 5.57. The Morgan fingerprint density at radius 2 is 1.74 bits per heavy atom. The number of carbonyl (C=O) groups excluding carboxylic acids is 3. The number of esters is 1. The predicted molar refractivity (Wildman–Crippen MR) is 115 cm³/mol. The van der Waals surface area contributed by atoms with Crippen molar-refractivity contribution >= 4 is 18.2 Å². The lowest BCUT2D eigenvalue weighted by atomic mass is 9.90. The standard InChI is InChI=1S/C24H27NO6/c1-29-20-9-8-19(15-26)22(23(20)30-2)24(28)31-16-21(27)25-12-10-18(11-13-25)14-17-6-4-3-5-7-17/h3-9,15,18H,10-14,16H2,1-2H3. The minimum Gasteiger partial charge on any atom is -0.493 e. The first kappa shape index (κ1) is 22.3. The summed E-state index contributed by atoms with van der Waals surface area (Å²) in [4.78, 5) is 38.3. The van der Waals surface area contributed by atoms with E-state index in [0.29, 0.717) is 31.0 Å². The Morgan fingerprint density at radius 1 is 1.03 bits per heavy atom. The number of hydrogen-bond donors (Lipinski definition) is 0. The number of ether oxygens (including phenoxy) is 3. The van der Waals surface area contributed by atoms with Crippen LogP contribution >= 0.6 is 0 Å². The highest BCUT2D eigenvalue weighted by Crippen LogP contribution is 2.33. The Kier molecular flexibility index (Phi) is 7.65. The Hall–Kier alpha value is -3.35. The minimum absolute atomic E-state index is 0.0498. The van der Waals surface area contributed by atoms with Gasteiger partial charge in [0.2, 0.25) is 0 Å². The van der Waals surface area contributed by atoms with Gasteiger partial charge in [-0.25, -0.2) is 4.79 Å². The molecule has 7 nitrogen and oxygen atoms in total. The lowest BCUT2D eigenvalue weighted by molar-refractivity contribution is -0.135. The van der Waals surface area contributed by atoms with Crippen LogP contribution in [-0.2, 0) is 16.0 Å². The summed E-state index contributed by atoms with van der Waals surface area (Å²) in [5.74, 6) is -0.116. The van der Waals surface area contributed by atoms with E-state index >= 15 is 0 Å². The van der Waals surface area contributed by atoms with E-state index in [1.54, 1.807) is 4.90 Å². The molecule has 1 aliphatic heterocycles. The van der Waals surface area contributed by atoms with Crippen LogP contribution in [0.5, 0.6) is 11.5 Å². The van der Waals surface area contributed by atoms with E-state index in [4.69, 9.17) is 14.2 Å². The molecule has 0 aliphatic carbocycles. The highest BCUT2D eigenvalue weighted by atomic mass is 16.5. The number of rotatable bonds is 8. The number of nitrogens with zero attached hydrogens (tertiary/aromatic N) is 1. The van der Waals surface area contributed by atoms with Crippen molar-refractivity contribution in [3.05, 3.63) is 59.2 Å². The van der Waals surface area contributed by atoms with Gasteiger partial charge in [-0.05, 0) is 42.9 Å². The van der Waals surface area contributed by atoms with E-state index in [-0.39, 0.29) is 29.4 Å².